The predicted molar refractivity (Wildman–Crippen MR) is 158 cm³/mol. The molecule has 0 radical (unpaired) electrons. The Labute approximate surface area is 241 Å². The number of hydrogen-bond donors (Lipinski definition) is 1. The van der Waals surface area contributed by atoms with Crippen LogP contribution in [0.2, 0.25) is 0 Å². The minimum absolute atomic E-state index is 0.0247. The first-order valence-corrected chi connectivity index (χ1v) is 14.6. The number of halogens is 1. The molecule has 1 aliphatic carbocycles. The van der Waals surface area contributed by atoms with E-state index in [0.717, 1.165) is 73.2 Å². The Hall–Kier alpha value is -3.78. The molecule has 0 fully saturated rings. The van der Waals surface area contributed by atoms with E-state index in [-0.39, 0.29) is 17.3 Å². The smallest absolute Gasteiger partial charge is 0.342 e. The Kier molecular flexibility index (Phi) is 8.68. The van der Waals surface area contributed by atoms with Crippen LogP contribution in [0.15, 0.2) is 53.8 Å². The van der Waals surface area contributed by atoms with Crippen LogP contribution in [0.4, 0.5) is 4.39 Å². The summed E-state index contributed by atoms with van der Waals surface area (Å²) in [7, 11) is 1.42. The molecule has 1 aromatic carbocycles. The van der Waals surface area contributed by atoms with E-state index < -0.39 is 5.97 Å². The van der Waals surface area contributed by atoms with Crippen LogP contribution in [0.3, 0.4) is 0 Å². The first-order valence-electron chi connectivity index (χ1n) is 14.6. The second kappa shape index (κ2) is 12.4. The third kappa shape index (κ3) is 5.71. The highest BCUT2D eigenvalue weighted by molar-refractivity contribution is 5.90. The number of rotatable bonds is 10. The maximum Gasteiger partial charge on any atom is 0.342 e. The molecular weight excluding hydrogens is 519 g/mol. The van der Waals surface area contributed by atoms with Crippen LogP contribution in [0.1, 0.15) is 85.6 Å². The van der Waals surface area contributed by atoms with Gasteiger partial charge in [-0.25, -0.2) is 14.2 Å². The van der Waals surface area contributed by atoms with Crippen LogP contribution >= 0.6 is 0 Å². The zero-order valence-electron chi connectivity index (χ0n) is 24.4. The summed E-state index contributed by atoms with van der Waals surface area (Å²) in [5.74, 6) is -0.555. The van der Waals surface area contributed by atoms with Crippen molar-refractivity contribution in [3.8, 4) is 11.7 Å². The molecule has 1 aliphatic heterocycles. The summed E-state index contributed by atoms with van der Waals surface area (Å²) in [5.41, 5.74) is 7.06. The van der Waals surface area contributed by atoms with Gasteiger partial charge in [0.25, 0.3) is 0 Å². The number of ether oxygens (including phenoxy) is 1. The van der Waals surface area contributed by atoms with Gasteiger partial charge in [-0.2, -0.15) is 9.78 Å². The van der Waals surface area contributed by atoms with E-state index in [2.05, 4.69) is 42.9 Å². The number of aromatic nitrogens is 3. The first kappa shape index (κ1) is 28.7. The van der Waals surface area contributed by atoms with Gasteiger partial charge in [0.2, 0.25) is 5.88 Å². The van der Waals surface area contributed by atoms with Crippen molar-refractivity contribution in [1.82, 2.24) is 19.7 Å². The van der Waals surface area contributed by atoms with Crippen molar-refractivity contribution in [3.05, 3.63) is 87.5 Å². The number of nitrogens with zero attached hydrogens (tertiary/aromatic N) is 4. The van der Waals surface area contributed by atoms with Crippen molar-refractivity contribution < 1.29 is 19.0 Å². The minimum Gasteiger partial charge on any atom is -0.480 e. The van der Waals surface area contributed by atoms with E-state index in [0.29, 0.717) is 24.7 Å². The number of allylic oxidation sites excluding steroid dienone is 4. The van der Waals surface area contributed by atoms with Gasteiger partial charge in [-0.1, -0.05) is 43.7 Å². The van der Waals surface area contributed by atoms with E-state index in [9.17, 15) is 9.90 Å². The molecule has 216 valence electrons. The van der Waals surface area contributed by atoms with Crippen molar-refractivity contribution in [2.75, 3.05) is 13.7 Å². The van der Waals surface area contributed by atoms with Crippen molar-refractivity contribution in [2.24, 2.45) is 0 Å². The van der Waals surface area contributed by atoms with E-state index in [4.69, 9.17) is 9.72 Å². The van der Waals surface area contributed by atoms with Crippen LogP contribution in [0.25, 0.3) is 11.4 Å². The summed E-state index contributed by atoms with van der Waals surface area (Å²) in [4.78, 5) is 18.9. The average Bonchev–Trinajstić information content (AvgIpc) is 3.43. The summed E-state index contributed by atoms with van der Waals surface area (Å²) in [5, 5.41) is 13.7. The molecule has 2 aliphatic rings. The van der Waals surface area contributed by atoms with Gasteiger partial charge in [0.1, 0.15) is 11.4 Å². The lowest BCUT2D eigenvalue weighted by molar-refractivity contribution is 0.0693. The summed E-state index contributed by atoms with van der Waals surface area (Å²) in [6, 6.07) is 10.3. The highest BCUT2D eigenvalue weighted by atomic mass is 19.1. The quantitative estimate of drug-likeness (QED) is 0.295. The van der Waals surface area contributed by atoms with Crippen LogP contribution in [-0.2, 0) is 19.4 Å². The Morgan fingerprint density at radius 3 is 2.68 bits per heavy atom. The molecule has 0 atom stereocenters. The van der Waals surface area contributed by atoms with Crippen LogP contribution < -0.4 is 4.74 Å². The van der Waals surface area contributed by atoms with E-state index in [1.165, 1.54) is 29.1 Å². The number of carboxylic acids is 1. The normalized spacial score (nSPS) is 15.7. The van der Waals surface area contributed by atoms with Gasteiger partial charge in [-0.15, -0.1) is 0 Å². The lowest BCUT2D eigenvalue weighted by atomic mass is 9.85. The van der Waals surface area contributed by atoms with Gasteiger partial charge in [-0.05, 0) is 91.8 Å². The number of methoxy groups -OCH3 is 1. The Morgan fingerprint density at radius 2 is 1.95 bits per heavy atom. The van der Waals surface area contributed by atoms with E-state index in [1.54, 1.807) is 6.07 Å². The summed E-state index contributed by atoms with van der Waals surface area (Å²) >= 11 is 0. The highest BCUT2D eigenvalue weighted by Crippen LogP contribution is 2.36. The molecule has 8 heteroatoms. The molecule has 0 saturated heterocycles. The molecule has 1 N–H and O–H groups in total. The van der Waals surface area contributed by atoms with E-state index in [1.807, 2.05) is 18.2 Å². The molecule has 2 aromatic heterocycles. The molecule has 0 saturated carbocycles. The van der Waals surface area contributed by atoms with Crippen molar-refractivity contribution >= 4 is 11.5 Å². The summed E-state index contributed by atoms with van der Waals surface area (Å²) < 4.78 is 22.5. The minimum atomic E-state index is -1.11. The predicted octanol–water partition coefficient (Wildman–Crippen LogP) is 6.79. The summed E-state index contributed by atoms with van der Waals surface area (Å²) in [6.45, 7) is 8.35. The third-order valence-electron chi connectivity index (χ3n) is 8.63. The zero-order valence-corrected chi connectivity index (χ0v) is 24.4. The van der Waals surface area contributed by atoms with Crippen molar-refractivity contribution in [1.29, 1.82) is 0 Å². The molecule has 41 heavy (non-hydrogen) atoms. The molecule has 3 aromatic rings. The molecule has 0 spiro atoms. The van der Waals surface area contributed by atoms with Gasteiger partial charge in [0.05, 0.1) is 19.0 Å². The highest BCUT2D eigenvalue weighted by Gasteiger charge is 2.25. The summed E-state index contributed by atoms with van der Waals surface area (Å²) in [6.07, 6.45) is 9.67. The number of aryl methyl sites for hydroxylation is 1. The van der Waals surface area contributed by atoms with Gasteiger partial charge >= 0.3 is 5.97 Å². The van der Waals surface area contributed by atoms with Crippen molar-refractivity contribution in [3.63, 3.8) is 0 Å². The average molecular weight is 559 g/mol. The van der Waals surface area contributed by atoms with Gasteiger partial charge < -0.3 is 9.84 Å². The Morgan fingerprint density at radius 1 is 1.15 bits per heavy atom. The fourth-order valence-corrected chi connectivity index (χ4v) is 6.33. The van der Waals surface area contributed by atoms with E-state index >= 15 is 4.39 Å². The number of hydrogen-bond acceptors (Lipinski definition) is 5. The monoisotopic (exact) mass is 558 g/mol. The van der Waals surface area contributed by atoms with Gasteiger partial charge in [-0.3, -0.25) is 4.90 Å². The first-order chi connectivity index (χ1) is 19.9. The standard InChI is InChI=1S/C33H39FN4O3/c1-5-24(6-2)37-18-17-26-23(20-37)14-13-22(31(26)34)15-16-25-21(3)9-7-10-27(25)29-11-8-12-30(36-29)38-32(41-4)28(19-35-38)33(39)40/h8,10-14,19,24H,5-7,9,15-18,20H2,1-4H3,(H,39,40). The largest absolute Gasteiger partial charge is 0.480 e. The SMILES string of the molecule is CCC(CC)N1CCc2c(ccc(CCC3=C(C)CCC=C3c3cccc(-n4ncc(C(=O)O)c4OC)n3)c2F)C1. The number of carboxylic acid groups (broad SMARTS) is 1. The molecule has 0 unspecified atom stereocenters. The number of pyridine rings is 1. The molecule has 3 heterocycles. The fourth-order valence-electron chi connectivity index (χ4n) is 6.33. The fraction of sp³-hybridized carbons (Fsp3) is 0.424. The van der Waals surface area contributed by atoms with Gasteiger partial charge in [0, 0.05) is 19.1 Å². The number of carbonyl (C=O) groups is 1. The van der Waals surface area contributed by atoms with Crippen LogP contribution in [-0.4, -0.2) is 50.4 Å². The molecule has 5 rings (SSSR count). The Balaban J connectivity index is 1.37. The topological polar surface area (TPSA) is 80.5 Å². The van der Waals surface area contributed by atoms with Crippen LogP contribution in [0.5, 0.6) is 5.88 Å². The molecule has 0 bridgehead atoms. The number of aromatic carboxylic acids is 1. The van der Waals surface area contributed by atoms with Crippen LogP contribution in [0, 0.1) is 5.82 Å². The maximum absolute atomic E-state index is 15.8. The zero-order chi connectivity index (χ0) is 29.1. The maximum atomic E-state index is 15.8. The third-order valence-corrected chi connectivity index (χ3v) is 8.63. The molecule has 7 nitrogen and oxygen atoms in total. The van der Waals surface area contributed by atoms with Gasteiger partial charge in [0.15, 0.2) is 5.82 Å². The lowest BCUT2D eigenvalue weighted by Gasteiger charge is -2.35. The van der Waals surface area contributed by atoms with Crippen molar-refractivity contribution in [2.45, 2.75) is 78.3 Å². The second-order valence-corrected chi connectivity index (χ2v) is 10.9. The Bertz CT molecular complexity index is 1500. The molecular formula is C33H39FN4O3. The lowest BCUT2D eigenvalue weighted by Crippen LogP contribution is -2.39. The molecule has 0 amide bonds. The number of fused-ring (bicyclic) bond motifs is 1. The number of benzene rings is 1. The second-order valence-electron chi connectivity index (χ2n) is 10.9.